The van der Waals surface area contributed by atoms with E-state index in [2.05, 4.69) is 21.9 Å². The molecule has 4 rings (SSSR count). The third kappa shape index (κ3) is 2.85. The van der Waals surface area contributed by atoms with Gasteiger partial charge in [-0.3, -0.25) is 9.69 Å². The number of nitrogens with zero attached hydrogens (tertiary/aromatic N) is 4. The molecule has 0 spiro atoms. The van der Waals surface area contributed by atoms with Gasteiger partial charge in [0.2, 0.25) is 0 Å². The van der Waals surface area contributed by atoms with E-state index in [1.165, 1.54) is 0 Å². The summed E-state index contributed by atoms with van der Waals surface area (Å²) in [4.78, 5) is 26.1. The number of likely N-dealkylation sites (N-methyl/N-ethyl adjacent to an activating group) is 1. The smallest absolute Gasteiger partial charge is 0.257 e. The number of piperidine rings is 1. The van der Waals surface area contributed by atoms with Crippen LogP contribution in [-0.2, 0) is 4.74 Å². The molecule has 2 atom stereocenters. The van der Waals surface area contributed by atoms with E-state index in [4.69, 9.17) is 4.74 Å². The summed E-state index contributed by atoms with van der Waals surface area (Å²) in [5.74, 6) is 1.29. The molecule has 1 amide bonds. The van der Waals surface area contributed by atoms with Crippen LogP contribution in [0.25, 0.3) is 0 Å². The van der Waals surface area contributed by atoms with Gasteiger partial charge in [-0.25, -0.2) is 9.97 Å². The quantitative estimate of drug-likeness (QED) is 0.821. The first kappa shape index (κ1) is 15.0. The highest BCUT2D eigenvalue weighted by Crippen LogP contribution is 2.40. The molecule has 0 unspecified atom stereocenters. The van der Waals surface area contributed by atoms with Crippen molar-refractivity contribution in [1.82, 2.24) is 19.8 Å². The monoisotopic (exact) mass is 316 g/mol. The minimum absolute atomic E-state index is 0.0873. The number of fused-ring (bicyclic) bond motifs is 1. The van der Waals surface area contributed by atoms with Gasteiger partial charge in [0.15, 0.2) is 0 Å². The molecule has 6 nitrogen and oxygen atoms in total. The van der Waals surface area contributed by atoms with Crippen LogP contribution in [0.5, 0.6) is 0 Å². The van der Waals surface area contributed by atoms with Crippen molar-refractivity contribution in [2.45, 2.75) is 44.2 Å². The normalized spacial score (nSPS) is 28.5. The summed E-state index contributed by atoms with van der Waals surface area (Å²) in [6, 6.07) is 0.303. The van der Waals surface area contributed by atoms with Crippen molar-refractivity contribution in [2.75, 3.05) is 33.3 Å². The fraction of sp³-hybridized carbons (Fsp3) is 0.706. The molecule has 3 aliphatic rings. The molecule has 0 N–H and O–H groups in total. The summed E-state index contributed by atoms with van der Waals surface area (Å²) in [6.45, 7) is 5.11. The zero-order chi connectivity index (χ0) is 16.0. The van der Waals surface area contributed by atoms with Crippen molar-refractivity contribution < 1.29 is 9.53 Å². The van der Waals surface area contributed by atoms with E-state index in [9.17, 15) is 4.79 Å². The van der Waals surface area contributed by atoms with E-state index in [-0.39, 0.29) is 12.0 Å². The molecule has 0 radical (unpaired) electrons. The number of morpholine rings is 1. The Bertz CT molecular complexity index is 617. The number of amides is 1. The highest BCUT2D eigenvalue weighted by molar-refractivity contribution is 5.95. The van der Waals surface area contributed by atoms with Crippen LogP contribution in [0.3, 0.4) is 0 Å². The first-order chi connectivity index (χ1) is 11.1. The van der Waals surface area contributed by atoms with Crippen molar-refractivity contribution in [3.63, 3.8) is 0 Å². The van der Waals surface area contributed by atoms with Crippen molar-refractivity contribution in [3.05, 3.63) is 23.3 Å². The Morgan fingerprint density at radius 2 is 2.13 bits per heavy atom. The van der Waals surface area contributed by atoms with Gasteiger partial charge in [0.25, 0.3) is 5.91 Å². The van der Waals surface area contributed by atoms with Crippen molar-refractivity contribution >= 4 is 5.91 Å². The summed E-state index contributed by atoms with van der Waals surface area (Å²) in [7, 11) is 2.12. The highest BCUT2D eigenvalue weighted by atomic mass is 16.5. The fourth-order valence-electron chi connectivity index (χ4n) is 3.72. The van der Waals surface area contributed by atoms with Crippen LogP contribution in [0.2, 0.25) is 0 Å². The summed E-state index contributed by atoms with van der Waals surface area (Å²) in [5.41, 5.74) is 1.66. The van der Waals surface area contributed by atoms with E-state index in [0.717, 1.165) is 57.0 Å². The fourth-order valence-corrected chi connectivity index (χ4v) is 3.72. The Morgan fingerprint density at radius 3 is 2.91 bits per heavy atom. The standard InChI is InChI=1S/C17H24N4O2/c1-11-18-9-13(16(19-11)12-3-4-12)17(22)21-6-5-15-14(10-21)20(2)7-8-23-15/h9,12,14-15H,3-8,10H2,1-2H3/t14-,15+/m1/s1. The molecule has 3 fully saturated rings. The predicted molar refractivity (Wildman–Crippen MR) is 85.4 cm³/mol. The van der Waals surface area contributed by atoms with Gasteiger partial charge in [-0.05, 0) is 33.2 Å². The lowest BCUT2D eigenvalue weighted by molar-refractivity contribution is -0.0893. The Labute approximate surface area is 136 Å². The van der Waals surface area contributed by atoms with Crippen molar-refractivity contribution in [3.8, 4) is 0 Å². The summed E-state index contributed by atoms with van der Waals surface area (Å²) >= 11 is 0. The number of aryl methyl sites for hydroxylation is 1. The number of carbonyl (C=O) groups is 1. The maximum Gasteiger partial charge on any atom is 0.257 e. The van der Waals surface area contributed by atoms with Crippen molar-refractivity contribution in [1.29, 1.82) is 0 Å². The van der Waals surface area contributed by atoms with E-state index >= 15 is 0 Å². The molecular formula is C17H24N4O2. The topological polar surface area (TPSA) is 58.6 Å². The van der Waals surface area contributed by atoms with Crippen LogP contribution in [0.1, 0.15) is 47.1 Å². The van der Waals surface area contributed by atoms with Crippen LogP contribution in [-0.4, -0.2) is 71.1 Å². The first-order valence-electron chi connectivity index (χ1n) is 8.58. The minimum atomic E-state index is 0.0873. The van der Waals surface area contributed by atoms with Gasteiger partial charge in [-0.15, -0.1) is 0 Å². The number of hydrogen-bond acceptors (Lipinski definition) is 5. The Balaban J connectivity index is 1.55. The van der Waals surface area contributed by atoms with Gasteiger partial charge in [0.1, 0.15) is 5.82 Å². The van der Waals surface area contributed by atoms with E-state index in [1.54, 1.807) is 6.20 Å². The number of hydrogen-bond donors (Lipinski definition) is 0. The van der Waals surface area contributed by atoms with Gasteiger partial charge in [-0.2, -0.15) is 0 Å². The SMILES string of the molecule is Cc1ncc(C(=O)N2CC[C@@H]3OCCN(C)[C@@H]3C2)c(C2CC2)n1. The van der Waals surface area contributed by atoms with Crippen LogP contribution in [0.4, 0.5) is 0 Å². The number of ether oxygens (including phenoxy) is 1. The van der Waals surface area contributed by atoms with Crippen LogP contribution >= 0.6 is 0 Å². The zero-order valence-corrected chi connectivity index (χ0v) is 13.9. The molecule has 124 valence electrons. The van der Waals surface area contributed by atoms with Gasteiger partial charge in [-0.1, -0.05) is 0 Å². The molecule has 1 aromatic rings. The van der Waals surface area contributed by atoms with E-state index < -0.39 is 0 Å². The average molecular weight is 316 g/mol. The molecule has 0 aromatic carbocycles. The predicted octanol–water partition coefficient (Wildman–Crippen LogP) is 1.21. The van der Waals surface area contributed by atoms with Gasteiger partial charge < -0.3 is 9.64 Å². The summed E-state index contributed by atoms with van der Waals surface area (Å²) in [6.07, 6.45) is 5.17. The maximum atomic E-state index is 13.0. The number of rotatable bonds is 2. The average Bonchev–Trinajstić information content (AvgIpc) is 3.39. The molecule has 0 bridgehead atoms. The molecule has 1 aromatic heterocycles. The Hall–Kier alpha value is -1.53. The number of aromatic nitrogens is 2. The van der Waals surface area contributed by atoms with Gasteiger partial charge >= 0.3 is 0 Å². The highest BCUT2D eigenvalue weighted by Gasteiger charge is 2.38. The molecule has 3 heterocycles. The summed E-state index contributed by atoms with van der Waals surface area (Å²) in [5, 5.41) is 0. The minimum Gasteiger partial charge on any atom is -0.375 e. The molecule has 2 saturated heterocycles. The second-order valence-corrected chi connectivity index (χ2v) is 6.99. The van der Waals surface area contributed by atoms with Crippen LogP contribution in [0, 0.1) is 6.92 Å². The lowest BCUT2D eigenvalue weighted by atomic mass is 9.98. The lowest BCUT2D eigenvalue weighted by Crippen LogP contribution is -2.59. The molecule has 23 heavy (non-hydrogen) atoms. The van der Waals surface area contributed by atoms with E-state index in [0.29, 0.717) is 17.5 Å². The Morgan fingerprint density at radius 1 is 1.30 bits per heavy atom. The van der Waals surface area contributed by atoms with E-state index in [1.807, 2.05) is 11.8 Å². The second kappa shape index (κ2) is 5.83. The van der Waals surface area contributed by atoms with Gasteiger partial charge in [0, 0.05) is 31.7 Å². The first-order valence-corrected chi connectivity index (χ1v) is 8.58. The largest absolute Gasteiger partial charge is 0.375 e. The third-order valence-corrected chi connectivity index (χ3v) is 5.28. The molecule has 1 saturated carbocycles. The molecule has 6 heteroatoms. The van der Waals surface area contributed by atoms with Gasteiger partial charge in [0.05, 0.1) is 30.0 Å². The molecule has 1 aliphatic carbocycles. The number of carbonyl (C=O) groups excluding carboxylic acids is 1. The molecule has 2 aliphatic heterocycles. The summed E-state index contributed by atoms with van der Waals surface area (Å²) < 4.78 is 5.87. The third-order valence-electron chi connectivity index (χ3n) is 5.28. The van der Waals surface area contributed by atoms with Crippen LogP contribution < -0.4 is 0 Å². The number of likely N-dealkylation sites (tertiary alicyclic amines) is 1. The lowest BCUT2D eigenvalue weighted by Gasteiger charge is -2.45. The van der Waals surface area contributed by atoms with Crippen LogP contribution in [0.15, 0.2) is 6.20 Å². The maximum absolute atomic E-state index is 13.0. The van der Waals surface area contributed by atoms with Crippen molar-refractivity contribution in [2.24, 2.45) is 0 Å². The second-order valence-electron chi connectivity index (χ2n) is 6.99. The molecular weight excluding hydrogens is 292 g/mol. The zero-order valence-electron chi connectivity index (χ0n) is 13.9. The Kier molecular flexibility index (Phi) is 3.81.